The number of aromatic nitrogens is 1. The number of anilines is 1. The largest absolute Gasteiger partial charge is 0.493 e. The van der Waals surface area contributed by atoms with Crippen molar-refractivity contribution in [2.75, 3.05) is 18.5 Å². The third-order valence-electron chi connectivity index (χ3n) is 10.5. The van der Waals surface area contributed by atoms with Crippen molar-refractivity contribution in [3.8, 4) is 11.5 Å². The number of pyridine rings is 1. The van der Waals surface area contributed by atoms with Crippen LogP contribution in [0.2, 0.25) is 5.02 Å². The number of nitrogens with one attached hydrogen (secondary N) is 2. The van der Waals surface area contributed by atoms with Crippen LogP contribution in [0.15, 0.2) is 66.9 Å². The minimum atomic E-state index is -1.07. The summed E-state index contributed by atoms with van der Waals surface area (Å²) in [4.78, 5) is 69.0. The molecule has 1 saturated heterocycles. The highest BCUT2D eigenvalue weighted by Gasteiger charge is 2.46. The van der Waals surface area contributed by atoms with Crippen LogP contribution in [0.3, 0.4) is 0 Å². The lowest BCUT2D eigenvalue weighted by Gasteiger charge is -2.32. The maximum absolute atomic E-state index is 14.0. The maximum atomic E-state index is 14.0. The third-order valence-corrected chi connectivity index (χ3v) is 10.8. The number of piperidine rings is 1. The fourth-order valence-corrected chi connectivity index (χ4v) is 7.79. The van der Waals surface area contributed by atoms with Crippen molar-refractivity contribution < 1.29 is 37.8 Å². The molecule has 11 nitrogen and oxygen atoms in total. The molecule has 1 unspecified atom stereocenters. The summed E-state index contributed by atoms with van der Waals surface area (Å²) in [5, 5.41) is 6.42. The second-order valence-electron chi connectivity index (χ2n) is 13.8. The molecule has 5 amide bonds. The van der Waals surface area contributed by atoms with Gasteiger partial charge in [-0.15, -0.1) is 0 Å². The molecule has 0 radical (unpaired) electrons. The lowest BCUT2D eigenvalue weighted by atomic mass is 9.73. The summed E-state index contributed by atoms with van der Waals surface area (Å²) >= 11 is 6.41. The Morgan fingerprint density at radius 2 is 1.74 bits per heavy atom. The maximum Gasteiger partial charge on any atom is 0.266 e. The minimum absolute atomic E-state index is 0.0319. The Balaban J connectivity index is 0.895. The van der Waals surface area contributed by atoms with E-state index in [0.717, 1.165) is 47.0 Å². The normalized spacial score (nSPS) is 20.6. The second kappa shape index (κ2) is 15.3. The molecule has 13 heteroatoms. The topological polar surface area (TPSA) is 144 Å². The van der Waals surface area contributed by atoms with Crippen molar-refractivity contribution in [2.45, 2.75) is 63.8 Å². The molecule has 0 spiro atoms. The SMILES string of the molecule is C[C@@H](C(=O)Nc1ccc(Cl)c(OCCCOc2cccc3c2C(=O)N(C2CCC(=O)NC2=O)C3=O)c1)[C@H]1CC[C@@H](c2ccnc3ccc(F)cc32)CC1. The van der Waals surface area contributed by atoms with E-state index in [0.29, 0.717) is 22.9 Å². The van der Waals surface area contributed by atoms with E-state index in [-0.39, 0.29) is 72.4 Å². The van der Waals surface area contributed by atoms with Crippen LogP contribution in [0.25, 0.3) is 10.9 Å². The van der Waals surface area contributed by atoms with Crippen LogP contribution in [-0.4, -0.2) is 58.7 Å². The van der Waals surface area contributed by atoms with Crippen LogP contribution in [0.5, 0.6) is 11.5 Å². The van der Waals surface area contributed by atoms with Crippen LogP contribution >= 0.6 is 11.6 Å². The predicted molar refractivity (Wildman–Crippen MR) is 194 cm³/mol. The fraction of sp³-hybridized carbons (Fsp3) is 0.350. The van der Waals surface area contributed by atoms with E-state index in [1.54, 1.807) is 48.7 Å². The fourth-order valence-electron chi connectivity index (χ4n) is 7.62. The van der Waals surface area contributed by atoms with Gasteiger partial charge in [-0.05, 0) is 98.0 Å². The van der Waals surface area contributed by atoms with Crippen LogP contribution in [0.1, 0.15) is 84.1 Å². The zero-order valence-electron chi connectivity index (χ0n) is 29.0. The molecule has 1 aromatic heterocycles. The van der Waals surface area contributed by atoms with Gasteiger partial charge in [0.25, 0.3) is 11.8 Å². The Bertz CT molecular complexity index is 2120. The first kappa shape index (κ1) is 36.0. The molecular weight excluding hydrogens is 703 g/mol. The first-order chi connectivity index (χ1) is 25.6. The van der Waals surface area contributed by atoms with Gasteiger partial charge in [0.15, 0.2) is 0 Å². The van der Waals surface area contributed by atoms with Gasteiger partial charge in [0.1, 0.15) is 23.4 Å². The number of ether oxygens (including phenoxy) is 2. The van der Waals surface area contributed by atoms with E-state index in [1.165, 1.54) is 12.1 Å². The van der Waals surface area contributed by atoms with Gasteiger partial charge in [-0.3, -0.25) is 39.2 Å². The molecule has 274 valence electrons. The number of hydrogen-bond acceptors (Lipinski definition) is 8. The summed E-state index contributed by atoms with van der Waals surface area (Å²) in [6.45, 7) is 2.31. The van der Waals surface area contributed by atoms with E-state index in [2.05, 4.69) is 15.6 Å². The number of imide groups is 2. The van der Waals surface area contributed by atoms with Gasteiger partial charge >= 0.3 is 0 Å². The summed E-state index contributed by atoms with van der Waals surface area (Å²) in [5.41, 5.74) is 2.67. The average molecular weight is 741 g/mol. The van der Waals surface area contributed by atoms with Crippen molar-refractivity contribution in [3.05, 3.63) is 94.4 Å². The van der Waals surface area contributed by atoms with E-state index in [1.807, 2.05) is 13.0 Å². The van der Waals surface area contributed by atoms with Crippen molar-refractivity contribution in [3.63, 3.8) is 0 Å². The number of halogens is 2. The molecule has 2 fully saturated rings. The molecule has 3 aromatic carbocycles. The van der Waals surface area contributed by atoms with Crippen molar-refractivity contribution in [1.82, 2.24) is 15.2 Å². The number of hydrogen-bond donors (Lipinski definition) is 2. The smallest absolute Gasteiger partial charge is 0.266 e. The second-order valence-corrected chi connectivity index (χ2v) is 14.2. The number of nitrogens with zero attached hydrogens (tertiary/aromatic N) is 2. The summed E-state index contributed by atoms with van der Waals surface area (Å²) in [6.07, 6.45) is 5.84. The monoisotopic (exact) mass is 740 g/mol. The molecular formula is C40H38ClFN4O7. The molecule has 0 bridgehead atoms. The zero-order valence-corrected chi connectivity index (χ0v) is 29.8. The Kier molecular flexibility index (Phi) is 10.4. The third kappa shape index (κ3) is 7.46. The molecule has 3 heterocycles. The van der Waals surface area contributed by atoms with Gasteiger partial charge in [0, 0.05) is 42.1 Å². The van der Waals surface area contributed by atoms with Gasteiger partial charge in [-0.1, -0.05) is 24.6 Å². The lowest BCUT2D eigenvalue weighted by molar-refractivity contribution is -0.136. The highest BCUT2D eigenvalue weighted by molar-refractivity contribution is 6.32. The zero-order chi connectivity index (χ0) is 37.2. The summed E-state index contributed by atoms with van der Waals surface area (Å²) in [5.74, 6) is -1.87. The highest BCUT2D eigenvalue weighted by atomic mass is 35.5. The standard InChI is InChI=1S/C40H38ClFN4O7/c1-22(23-6-8-24(9-7-23)27-16-17-43-31-13-10-25(42)20-29(27)31)37(48)44-26-11-12-30(41)34(21-26)53-19-3-18-52-33-5-2-4-28-36(33)40(51)46(39(28)50)32-14-15-35(47)45-38(32)49/h2,4-5,10-13,16-17,20-24,32H,3,6-9,14-15,18-19H2,1H3,(H,44,48)(H,45,47,49)/t22-,23-,24+,32?/m1/s1. The van der Waals surface area contributed by atoms with E-state index in [4.69, 9.17) is 21.1 Å². The molecule has 3 aliphatic rings. The quantitative estimate of drug-likeness (QED) is 0.126. The van der Waals surface area contributed by atoms with Crippen LogP contribution in [-0.2, 0) is 14.4 Å². The first-order valence-electron chi connectivity index (χ1n) is 17.8. The Morgan fingerprint density at radius 3 is 2.51 bits per heavy atom. The molecule has 1 saturated carbocycles. The summed E-state index contributed by atoms with van der Waals surface area (Å²) < 4.78 is 25.8. The number of rotatable bonds is 11. The molecule has 2 N–H and O–H groups in total. The first-order valence-corrected chi connectivity index (χ1v) is 18.2. The van der Waals surface area contributed by atoms with Crippen molar-refractivity contribution in [2.24, 2.45) is 11.8 Å². The Hall–Kier alpha value is -5.36. The highest BCUT2D eigenvalue weighted by Crippen LogP contribution is 2.41. The Labute approximate surface area is 310 Å². The number of amides is 5. The molecule has 1 aliphatic carbocycles. The summed E-state index contributed by atoms with van der Waals surface area (Å²) in [7, 11) is 0. The molecule has 4 aromatic rings. The molecule has 2 atom stereocenters. The van der Waals surface area contributed by atoms with Crippen molar-refractivity contribution >= 4 is 57.7 Å². The van der Waals surface area contributed by atoms with Crippen LogP contribution in [0, 0.1) is 17.7 Å². The number of benzene rings is 3. The number of carbonyl (C=O) groups excluding carboxylic acids is 5. The van der Waals surface area contributed by atoms with E-state index < -0.39 is 29.7 Å². The average Bonchev–Trinajstić information content (AvgIpc) is 3.41. The number of carbonyl (C=O) groups is 5. The van der Waals surface area contributed by atoms with Gasteiger partial charge in [-0.2, -0.15) is 0 Å². The molecule has 2 aliphatic heterocycles. The predicted octanol–water partition coefficient (Wildman–Crippen LogP) is 6.83. The minimum Gasteiger partial charge on any atom is -0.493 e. The van der Waals surface area contributed by atoms with Gasteiger partial charge in [0.05, 0.1) is 34.9 Å². The lowest BCUT2D eigenvalue weighted by Crippen LogP contribution is -2.54. The van der Waals surface area contributed by atoms with Crippen LogP contribution in [0.4, 0.5) is 10.1 Å². The Morgan fingerprint density at radius 1 is 0.962 bits per heavy atom. The van der Waals surface area contributed by atoms with Gasteiger partial charge in [-0.25, -0.2) is 4.39 Å². The molecule has 7 rings (SSSR count). The van der Waals surface area contributed by atoms with Gasteiger partial charge in [0.2, 0.25) is 17.7 Å². The van der Waals surface area contributed by atoms with Gasteiger partial charge < -0.3 is 14.8 Å². The summed E-state index contributed by atoms with van der Waals surface area (Å²) in [6, 6.07) is 15.4. The molecule has 53 heavy (non-hydrogen) atoms. The van der Waals surface area contributed by atoms with E-state index >= 15 is 0 Å². The van der Waals surface area contributed by atoms with Crippen LogP contribution < -0.4 is 20.1 Å². The van der Waals surface area contributed by atoms with Crippen molar-refractivity contribution in [1.29, 1.82) is 0 Å². The van der Waals surface area contributed by atoms with E-state index in [9.17, 15) is 28.4 Å². The number of fused-ring (bicyclic) bond motifs is 2.